The van der Waals surface area contributed by atoms with Crippen molar-refractivity contribution < 1.29 is 9.59 Å². The Bertz CT molecular complexity index is 1090. The minimum atomic E-state index is -0.631. The number of benzene rings is 3. The van der Waals surface area contributed by atoms with E-state index in [-0.39, 0.29) is 17.6 Å². The van der Waals surface area contributed by atoms with Gasteiger partial charge in [-0.1, -0.05) is 90.8 Å². The lowest BCUT2D eigenvalue weighted by atomic mass is 10.0. The van der Waals surface area contributed by atoms with Gasteiger partial charge in [0.1, 0.15) is 6.04 Å². The molecule has 0 bridgehead atoms. The molecule has 4 nitrogen and oxygen atoms in total. The molecule has 1 atom stereocenters. The molecule has 0 heterocycles. The highest BCUT2D eigenvalue weighted by atomic mass is 35.5. The molecule has 0 aliphatic rings. The van der Waals surface area contributed by atoms with Crippen LogP contribution < -0.4 is 5.32 Å². The SMILES string of the molecule is CCCNC(=O)C(Cc1ccccc1)N(Cc1ccc(Cl)cc1)C(=O)CSCc1ccccc1Cl. The predicted octanol–water partition coefficient (Wildman–Crippen LogP) is 6.39. The van der Waals surface area contributed by atoms with E-state index < -0.39 is 6.04 Å². The van der Waals surface area contributed by atoms with Crippen molar-refractivity contribution in [2.45, 2.75) is 38.1 Å². The molecule has 0 spiro atoms. The van der Waals surface area contributed by atoms with Gasteiger partial charge in [-0.3, -0.25) is 9.59 Å². The number of amides is 2. The molecule has 1 N–H and O–H groups in total. The fraction of sp³-hybridized carbons (Fsp3) is 0.286. The molecule has 0 saturated carbocycles. The molecular formula is C28H30Cl2N2O2S. The molecule has 184 valence electrons. The van der Waals surface area contributed by atoms with Crippen LogP contribution in [-0.2, 0) is 28.3 Å². The summed E-state index contributed by atoms with van der Waals surface area (Å²) in [5.74, 6) is 0.621. The maximum atomic E-state index is 13.6. The van der Waals surface area contributed by atoms with Crippen LogP contribution in [0.15, 0.2) is 78.9 Å². The summed E-state index contributed by atoms with van der Waals surface area (Å²) in [5.41, 5.74) is 2.90. The predicted molar refractivity (Wildman–Crippen MR) is 147 cm³/mol. The van der Waals surface area contributed by atoms with E-state index in [0.29, 0.717) is 35.3 Å². The summed E-state index contributed by atoms with van der Waals surface area (Å²) in [6, 6.07) is 24.2. The molecule has 3 rings (SSSR count). The minimum absolute atomic E-state index is 0.0930. The molecule has 3 aromatic carbocycles. The van der Waals surface area contributed by atoms with Crippen molar-refractivity contribution >= 4 is 46.8 Å². The summed E-state index contributed by atoms with van der Waals surface area (Å²) < 4.78 is 0. The maximum Gasteiger partial charge on any atom is 0.243 e. The number of hydrogen-bond donors (Lipinski definition) is 1. The molecule has 3 aromatic rings. The summed E-state index contributed by atoms with van der Waals surface area (Å²) in [4.78, 5) is 28.5. The van der Waals surface area contributed by atoms with E-state index >= 15 is 0 Å². The zero-order valence-corrected chi connectivity index (χ0v) is 22.1. The smallest absolute Gasteiger partial charge is 0.243 e. The van der Waals surface area contributed by atoms with Gasteiger partial charge < -0.3 is 10.2 Å². The molecule has 2 amide bonds. The van der Waals surface area contributed by atoms with Gasteiger partial charge in [0.2, 0.25) is 11.8 Å². The standard InChI is InChI=1S/C28H30Cl2N2O2S/c1-2-16-31-28(34)26(17-21-8-4-3-5-9-21)32(18-22-12-14-24(29)15-13-22)27(33)20-35-19-23-10-6-7-11-25(23)30/h3-15,26H,2,16-20H2,1H3,(H,31,34). The number of carbonyl (C=O) groups excluding carboxylic acids is 2. The van der Waals surface area contributed by atoms with E-state index in [2.05, 4.69) is 5.32 Å². The van der Waals surface area contributed by atoms with Gasteiger partial charge in [0.25, 0.3) is 0 Å². The number of halogens is 2. The monoisotopic (exact) mass is 528 g/mol. The molecule has 0 saturated heterocycles. The quantitative estimate of drug-likeness (QED) is 0.296. The second-order valence-corrected chi connectivity index (χ2v) is 10.1. The van der Waals surface area contributed by atoms with Crippen LogP contribution in [0.1, 0.15) is 30.0 Å². The van der Waals surface area contributed by atoms with E-state index in [9.17, 15) is 9.59 Å². The third-order valence-corrected chi connectivity index (χ3v) is 7.11. The highest BCUT2D eigenvalue weighted by Gasteiger charge is 2.30. The van der Waals surface area contributed by atoms with Crippen molar-refractivity contribution in [1.82, 2.24) is 10.2 Å². The number of nitrogens with one attached hydrogen (secondary N) is 1. The maximum absolute atomic E-state index is 13.6. The summed E-state index contributed by atoms with van der Waals surface area (Å²) in [7, 11) is 0. The van der Waals surface area contributed by atoms with Crippen LogP contribution >= 0.6 is 35.0 Å². The molecule has 7 heteroatoms. The van der Waals surface area contributed by atoms with Crippen molar-refractivity contribution in [2.75, 3.05) is 12.3 Å². The molecule has 0 radical (unpaired) electrons. The minimum Gasteiger partial charge on any atom is -0.354 e. The van der Waals surface area contributed by atoms with Crippen LogP contribution in [0.4, 0.5) is 0 Å². The summed E-state index contributed by atoms with van der Waals surface area (Å²) in [6.45, 7) is 2.89. The van der Waals surface area contributed by atoms with Gasteiger partial charge in [-0.05, 0) is 41.3 Å². The molecule has 1 unspecified atom stereocenters. The van der Waals surface area contributed by atoms with Crippen molar-refractivity contribution in [2.24, 2.45) is 0 Å². The fourth-order valence-electron chi connectivity index (χ4n) is 3.65. The van der Waals surface area contributed by atoms with Gasteiger partial charge >= 0.3 is 0 Å². The highest BCUT2D eigenvalue weighted by Crippen LogP contribution is 2.23. The first kappa shape index (κ1) is 27.1. The van der Waals surface area contributed by atoms with Gasteiger partial charge in [0, 0.05) is 35.3 Å². The normalized spacial score (nSPS) is 11.6. The third-order valence-electron chi connectivity index (χ3n) is 5.53. The van der Waals surface area contributed by atoms with Crippen LogP contribution in [-0.4, -0.2) is 35.1 Å². The first-order valence-corrected chi connectivity index (χ1v) is 13.6. The lowest BCUT2D eigenvalue weighted by Crippen LogP contribution is -2.51. The van der Waals surface area contributed by atoms with Crippen LogP contribution in [0, 0.1) is 0 Å². The zero-order chi connectivity index (χ0) is 25.0. The first-order chi connectivity index (χ1) is 17.0. The van der Waals surface area contributed by atoms with Gasteiger partial charge in [-0.25, -0.2) is 0 Å². The molecule has 0 aromatic heterocycles. The molecule has 35 heavy (non-hydrogen) atoms. The van der Waals surface area contributed by atoms with E-state index in [1.54, 1.807) is 17.0 Å². The van der Waals surface area contributed by atoms with Crippen molar-refractivity contribution in [3.8, 4) is 0 Å². The Morgan fingerprint density at radius 2 is 1.60 bits per heavy atom. The Labute approximate surface area is 222 Å². The molecular weight excluding hydrogens is 499 g/mol. The molecule has 0 fully saturated rings. The van der Waals surface area contributed by atoms with Crippen LogP contribution in [0.5, 0.6) is 0 Å². The van der Waals surface area contributed by atoms with Crippen LogP contribution in [0.2, 0.25) is 10.0 Å². The topological polar surface area (TPSA) is 49.4 Å². The second kappa shape index (κ2) is 14.2. The lowest BCUT2D eigenvalue weighted by molar-refractivity contribution is -0.139. The lowest BCUT2D eigenvalue weighted by Gasteiger charge is -2.31. The van der Waals surface area contributed by atoms with Gasteiger partial charge in [-0.15, -0.1) is 11.8 Å². The van der Waals surface area contributed by atoms with Crippen molar-refractivity contribution in [3.63, 3.8) is 0 Å². The number of rotatable bonds is 12. The number of thioether (sulfide) groups is 1. The van der Waals surface area contributed by atoms with Crippen molar-refractivity contribution in [1.29, 1.82) is 0 Å². The Morgan fingerprint density at radius 3 is 2.29 bits per heavy atom. The summed E-state index contributed by atoms with van der Waals surface area (Å²) >= 11 is 13.8. The Balaban J connectivity index is 1.83. The average Bonchev–Trinajstić information content (AvgIpc) is 2.87. The molecule has 0 aliphatic heterocycles. The van der Waals surface area contributed by atoms with E-state index in [1.807, 2.05) is 73.7 Å². The molecule has 0 aliphatic carbocycles. The third kappa shape index (κ3) is 8.60. The fourth-order valence-corrected chi connectivity index (χ4v) is 4.98. The Kier molecular flexibility index (Phi) is 11.0. The van der Waals surface area contributed by atoms with Gasteiger partial charge in [-0.2, -0.15) is 0 Å². The first-order valence-electron chi connectivity index (χ1n) is 11.6. The van der Waals surface area contributed by atoms with E-state index in [0.717, 1.165) is 23.1 Å². The summed E-state index contributed by atoms with van der Waals surface area (Å²) in [6.07, 6.45) is 1.26. The second-order valence-electron chi connectivity index (χ2n) is 8.23. The van der Waals surface area contributed by atoms with Crippen LogP contribution in [0.25, 0.3) is 0 Å². The largest absolute Gasteiger partial charge is 0.354 e. The number of carbonyl (C=O) groups is 2. The van der Waals surface area contributed by atoms with E-state index in [4.69, 9.17) is 23.2 Å². The van der Waals surface area contributed by atoms with Gasteiger partial charge in [0.05, 0.1) is 5.75 Å². The number of nitrogens with zero attached hydrogens (tertiary/aromatic N) is 1. The number of hydrogen-bond acceptors (Lipinski definition) is 3. The highest BCUT2D eigenvalue weighted by molar-refractivity contribution is 7.99. The Morgan fingerprint density at radius 1 is 0.914 bits per heavy atom. The average molecular weight is 530 g/mol. The summed E-state index contributed by atoms with van der Waals surface area (Å²) in [5, 5.41) is 4.31. The van der Waals surface area contributed by atoms with Crippen molar-refractivity contribution in [3.05, 3.63) is 106 Å². The Hall–Kier alpha value is -2.47. The van der Waals surface area contributed by atoms with E-state index in [1.165, 1.54) is 11.8 Å². The van der Waals surface area contributed by atoms with Gasteiger partial charge in [0.15, 0.2) is 0 Å². The van der Waals surface area contributed by atoms with Crippen LogP contribution in [0.3, 0.4) is 0 Å². The zero-order valence-electron chi connectivity index (χ0n) is 19.8.